The van der Waals surface area contributed by atoms with E-state index in [9.17, 15) is 9.59 Å². The third-order valence-electron chi connectivity index (χ3n) is 4.78. The number of amides is 2. The van der Waals surface area contributed by atoms with Crippen molar-refractivity contribution in [3.63, 3.8) is 0 Å². The zero-order valence-corrected chi connectivity index (χ0v) is 16.7. The second-order valence-corrected chi connectivity index (χ2v) is 6.70. The minimum Gasteiger partial charge on any atom is -0.383 e. The van der Waals surface area contributed by atoms with Gasteiger partial charge in [0.05, 0.1) is 12.6 Å². The molecule has 2 atom stereocenters. The highest BCUT2D eigenvalue weighted by Crippen LogP contribution is 2.33. The van der Waals surface area contributed by atoms with Crippen molar-refractivity contribution in [2.75, 3.05) is 25.6 Å². The summed E-state index contributed by atoms with van der Waals surface area (Å²) in [7, 11) is 1.49. The summed E-state index contributed by atoms with van der Waals surface area (Å²) in [4.78, 5) is 26.8. The first-order valence-electron chi connectivity index (χ1n) is 9.11. The van der Waals surface area contributed by atoms with E-state index in [0.717, 1.165) is 19.4 Å². The Labute approximate surface area is 171 Å². The van der Waals surface area contributed by atoms with Crippen molar-refractivity contribution in [3.8, 4) is 0 Å². The van der Waals surface area contributed by atoms with Crippen LogP contribution in [0.2, 0.25) is 0 Å². The highest BCUT2D eigenvalue weighted by molar-refractivity contribution is 5.97. The predicted molar refractivity (Wildman–Crippen MR) is 112 cm³/mol. The number of anilines is 1. The second kappa shape index (κ2) is 10.2. The van der Waals surface area contributed by atoms with Crippen LogP contribution in [-0.2, 0) is 9.53 Å². The molecule has 1 fully saturated rings. The van der Waals surface area contributed by atoms with E-state index in [1.54, 1.807) is 24.3 Å². The monoisotopic (exact) mass is 403 g/mol. The molecule has 150 valence electrons. The highest BCUT2D eigenvalue weighted by Gasteiger charge is 2.30. The normalized spacial score (nSPS) is 16.9. The van der Waals surface area contributed by atoms with E-state index in [1.807, 2.05) is 23.1 Å². The molecule has 1 saturated heterocycles. The summed E-state index contributed by atoms with van der Waals surface area (Å²) in [5.41, 5.74) is 8.08. The number of nitrogens with zero attached hydrogens (tertiary/aromatic N) is 1. The summed E-state index contributed by atoms with van der Waals surface area (Å²) in [6.45, 7) is 0.904. The average Bonchev–Trinajstić information content (AvgIpc) is 3.18. The Morgan fingerprint density at radius 2 is 1.86 bits per heavy atom. The van der Waals surface area contributed by atoms with Crippen molar-refractivity contribution >= 4 is 29.9 Å². The van der Waals surface area contributed by atoms with E-state index >= 15 is 0 Å². The Morgan fingerprint density at radius 3 is 2.50 bits per heavy atom. The molecule has 2 unspecified atom stereocenters. The molecule has 2 amide bonds. The molecule has 0 spiro atoms. The maximum atomic E-state index is 13.0. The number of likely N-dealkylation sites (tertiary alicyclic amines) is 1. The number of nitrogens with one attached hydrogen (secondary N) is 1. The van der Waals surface area contributed by atoms with Crippen LogP contribution in [0.4, 0.5) is 5.69 Å². The van der Waals surface area contributed by atoms with Crippen LogP contribution >= 0.6 is 12.4 Å². The van der Waals surface area contributed by atoms with Gasteiger partial charge < -0.3 is 20.7 Å². The zero-order valence-electron chi connectivity index (χ0n) is 15.8. The van der Waals surface area contributed by atoms with Crippen LogP contribution < -0.4 is 11.1 Å². The lowest BCUT2D eigenvalue weighted by Gasteiger charge is -2.25. The summed E-state index contributed by atoms with van der Waals surface area (Å²) in [6, 6.07) is 16.4. The van der Waals surface area contributed by atoms with Gasteiger partial charge in [0.25, 0.3) is 5.91 Å². The topological polar surface area (TPSA) is 84.7 Å². The second-order valence-electron chi connectivity index (χ2n) is 6.70. The summed E-state index contributed by atoms with van der Waals surface area (Å²) in [5, 5.41) is 2.73. The SMILES string of the molecule is COCC(N)C(=O)Nc1ccc(C(=O)N2CCCC2c2ccccc2)cc1.Cl. The highest BCUT2D eigenvalue weighted by atomic mass is 35.5. The fourth-order valence-corrected chi connectivity index (χ4v) is 3.38. The minimum absolute atomic E-state index is 0. The lowest BCUT2D eigenvalue weighted by atomic mass is 10.0. The van der Waals surface area contributed by atoms with Gasteiger partial charge in [0.15, 0.2) is 0 Å². The number of rotatable bonds is 6. The lowest BCUT2D eigenvalue weighted by molar-refractivity contribution is -0.118. The number of benzene rings is 2. The van der Waals surface area contributed by atoms with Gasteiger partial charge in [-0.25, -0.2) is 0 Å². The summed E-state index contributed by atoms with van der Waals surface area (Å²) in [5.74, 6) is -0.310. The van der Waals surface area contributed by atoms with Crippen molar-refractivity contribution < 1.29 is 14.3 Å². The van der Waals surface area contributed by atoms with Gasteiger partial charge in [-0.2, -0.15) is 0 Å². The van der Waals surface area contributed by atoms with E-state index in [0.29, 0.717) is 11.3 Å². The fraction of sp³-hybridized carbons (Fsp3) is 0.333. The lowest BCUT2D eigenvalue weighted by Crippen LogP contribution is -2.39. The Hall–Kier alpha value is -2.41. The molecule has 0 aromatic heterocycles. The number of carbonyl (C=O) groups excluding carboxylic acids is 2. The maximum Gasteiger partial charge on any atom is 0.254 e. The van der Waals surface area contributed by atoms with E-state index in [-0.39, 0.29) is 36.9 Å². The van der Waals surface area contributed by atoms with Crippen molar-refractivity contribution in [2.45, 2.75) is 24.9 Å². The van der Waals surface area contributed by atoms with Gasteiger partial charge >= 0.3 is 0 Å². The van der Waals surface area contributed by atoms with E-state index < -0.39 is 6.04 Å². The van der Waals surface area contributed by atoms with Crippen molar-refractivity contribution in [2.24, 2.45) is 5.73 Å². The largest absolute Gasteiger partial charge is 0.383 e. The molecule has 7 heteroatoms. The molecule has 2 aromatic rings. The summed E-state index contributed by atoms with van der Waals surface area (Å²) >= 11 is 0. The van der Waals surface area contributed by atoms with Gasteiger partial charge in [-0.05, 0) is 42.7 Å². The quantitative estimate of drug-likeness (QED) is 0.776. The number of hydrogen-bond acceptors (Lipinski definition) is 4. The van der Waals surface area contributed by atoms with Gasteiger partial charge in [0.2, 0.25) is 5.91 Å². The molecule has 28 heavy (non-hydrogen) atoms. The van der Waals surface area contributed by atoms with Crippen molar-refractivity contribution in [1.29, 1.82) is 0 Å². The van der Waals surface area contributed by atoms with E-state index in [4.69, 9.17) is 10.5 Å². The Bertz CT molecular complexity index is 783. The van der Waals surface area contributed by atoms with Crippen molar-refractivity contribution in [3.05, 3.63) is 65.7 Å². The first-order chi connectivity index (χ1) is 13.1. The van der Waals surface area contributed by atoms with Gasteiger partial charge in [-0.1, -0.05) is 30.3 Å². The smallest absolute Gasteiger partial charge is 0.254 e. The molecule has 1 aliphatic rings. The van der Waals surface area contributed by atoms with Crippen LogP contribution in [-0.4, -0.2) is 43.0 Å². The third-order valence-corrected chi connectivity index (χ3v) is 4.78. The Morgan fingerprint density at radius 1 is 1.18 bits per heavy atom. The fourth-order valence-electron chi connectivity index (χ4n) is 3.38. The minimum atomic E-state index is -0.729. The number of carbonyl (C=O) groups is 2. The third kappa shape index (κ3) is 5.10. The molecule has 1 aliphatic heterocycles. The first kappa shape index (κ1) is 21.9. The number of nitrogens with two attached hydrogens (primary N) is 1. The summed E-state index contributed by atoms with van der Waals surface area (Å²) in [6.07, 6.45) is 1.97. The predicted octanol–water partition coefficient (Wildman–Crippen LogP) is 3.00. The number of halogens is 1. The molecule has 0 aliphatic carbocycles. The van der Waals surface area contributed by atoms with E-state index in [1.165, 1.54) is 12.7 Å². The maximum absolute atomic E-state index is 13.0. The van der Waals surface area contributed by atoms with Crippen LogP contribution in [0.15, 0.2) is 54.6 Å². The molecule has 2 aromatic carbocycles. The molecule has 0 saturated carbocycles. The molecule has 0 bridgehead atoms. The van der Waals surface area contributed by atoms with Gasteiger partial charge in [0.1, 0.15) is 6.04 Å². The Balaban J connectivity index is 0.00000280. The molecule has 6 nitrogen and oxygen atoms in total. The van der Waals surface area contributed by atoms with Crippen LogP contribution in [0.25, 0.3) is 0 Å². The van der Waals surface area contributed by atoms with Crippen molar-refractivity contribution in [1.82, 2.24) is 4.90 Å². The zero-order chi connectivity index (χ0) is 19.2. The molecule has 0 radical (unpaired) electrons. The van der Waals surface area contributed by atoms with Crippen LogP contribution in [0.3, 0.4) is 0 Å². The van der Waals surface area contributed by atoms with Crippen LogP contribution in [0, 0.1) is 0 Å². The average molecular weight is 404 g/mol. The first-order valence-corrected chi connectivity index (χ1v) is 9.11. The molecular formula is C21H26ClN3O3. The number of hydrogen-bond donors (Lipinski definition) is 2. The van der Waals surface area contributed by atoms with Gasteiger partial charge in [0, 0.05) is 24.9 Å². The molecular weight excluding hydrogens is 378 g/mol. The molecule has 3 N–H and O–H groups in total. The van der Waals surface area contributed by atoms with Gasteiger partial charge in [-0.15, -0.1) is 12.4 Å². The number of methoxy groups -OCH3 is 1. The number of ether oxygens (including phenoxy) is 1. The van der Waals surface area contributed by atoms with Crippen LogP contribution in [0.5, 0.6) is 0 Å². The summed E-state index contributed by atoms with van der Waals surface area (Å²) < 4.78 is 4.88. The standard InChI is InChI=1S/C21H25N3O3.ClH/c1-27-14-18(22)20(25)23-17-11-9-16(10-12-17)21(26)24-13-5-8-19(24)15-6-3-2-4-7-15;/h2-4,6-7,9-12,18-19H,5,8,13-14,22H2,1H3,(H,23,25);1H. The Kier molecular flexibility index (Phi) is 7.99. The molecule has 3 rings (SSSR count). The van der Waals surface area contributed by atoms with E-state index in [2.05, 4.69) is 17.4 Å². The van der Waals surface area contributed by atoms with Crippen LogP contribution in [0.1, 0.15) is 34.8 Å². The molecule has 1 heterocycles. The van der Waals surface area contributed by atoms with Gasteiger partial charge in [-0.3, -0.25) is 9.59 Å².